The first-order chi connectivity index (χ1) is 6.74. The van der Waals surface area contributed by atoms with E-state index < -0.39 is 0 Å². The number of nitriles is 1. The van der Waals surface area contributed by atoms with Gasteiger partial charge in [-0.05, 0) is 6.92 Å². The molecular weight excluding hydrogens is 178 g/mol. The van der Waals surface area contributed by atoms with Crippen molar-refractivity contribution in [2.24, 2.45) is 7.05 Å². The summed E-state index contributed by atoms with van der Waals surface area (Å²) in [5.74, 6) is 0.752. The lowest BCUT2D eigenvalue weighted by Crippen LogP contribution is -2.01. The van der Waals surface area contributed by atoms with E-state index in [1.165, 1.54) is 0 Å². The minimum Gasteiger partial charge on any atom is -0.290 e. The lowest BCUT2D eigenvalue weighted by molar-refractivity contribution is 0.722. The van der Waals surface area contributed by atoms with Crippen LogP contribution in [0.25, 0.3) is 5.82 Å². The van der Waals surface area contributed by atoms with Gasteiger partial charge in [0.05, 0.1) is 5.69 Å². The van der Waals surface area contributed by atoms with E-state index >= 15 is 0 Å². The summed E-state index contributed by atoms with van der Waals surface area (Å²) >= 11 is 0. The van der Waals surface area contributed by atoms with Crippen molar-refractivity contribution in [1.82, 2.24) is 19.3 Å². The fourth-order valence-electron chi connectivity index (χ4n) is 1.46. The van der Waals surface area contributed by atoms with Gasteiger partial charge in [-0.2, -0.15) is 10.4 Å². The van der Waals surface area contributed by atoms with Crippen LogP contribution >= 0.6 is 0 Å². The largest absolute Gasteiger partial charge is 0.290 e. The standard InChI is InChI=1S/C9H9N5/c1-7-8(5-10)9(13(2)12-7)14-4-3-11-6-14/h3-4,6H,1-2H3. The summed E-state index contributed by atoms with van der Waals surface area (Å²) < 4.78 is 3.45. The Labute approximate surface area is 81.2 Å². The van der Waals surface area contributed by atoms with E-state index in [-0.39, 0.29) is 0 Å². The van der Waals surface area contributed by atoms with Gasteiger partial charge >= 0.3 is 0 Å². The molecule has 0 aliphatic rings. The summed E-state index contributed by atoms with van der Waals surface area (Å²) in [7, 11) is 1.81. The molecular formula is C9H9N5. The van der Waals surface area contributed by atoms with Gasteiger partial charge in [-0.15, -0.1) is 0 Å². The third-order valence-corrected chi connectivity index (χ3v) is 2.05. The molecule has 0 saturated heterocycles. The smallest absolute Gasteiger partial charge is 0.154 e. The first-order valence-corrected chi connectivity index (χ1v) is 4.16. The number of hydrogen-bond donors (Lipinski definition) is 0. The highest BCUT2D eigenvalue weighted by atomic mass is 15.3. The van der Waals surface area contributed by atoms with E-state index in [9.17, 15) is 0 Å². The second-order valence-electron chi connectivity index (χ2n) is 2.99. The minimum atomic E-state index is 0.588. The van der Waals surface area contributed by atoms with E-state index in [0.717, 1.165) is 11.5 Å². The van der Waals surface area contributed by atoms with E-state index in [1.807, 2.05) is 14.0 Å². The zero-order valence-corrected chi connectivity index (χ0v) is 7.97. The van der Waals surface area contributed by atoms with Crippen molar-refractivity contribution < 1.29 is 0 Å². The molecule has 2 heterocycles. The van der Waals surface area contributed by atoms with Crippen molar-refractivity contribution in [2.75, 3.05) is 0 Å². The van der Waals surface area contributed by atoms with Crippen LogP contribution in [0.4, 0.5) is 0 Å². The monoisotopic (exact) mass is 187 g/mol. The lowest BCUT2D eigenvalue weighted by atomic mass is 10.2. The van der Waals surface area contributed by atoms with Gasteiger partial charge in [0.25, 0.3) is 0 Å². The summed E-state index contributed by atoms with van der Waals surface area (Å²) in [6.45, 7) is 1.82. The lowest BCUT2D eigenvalue weighted by Gasteiger charge is -2.01. The molecule has 0 fully saturated rings. The number of aryl methyl sites for hydroxylation is 2. The number of rotatable bonds is 1. The Balaban J connectivity index is 2.70. The molecule has 0 aromatic carbocycles. The van der Waals surface area contributed by atoms with Crippen molar-refractivity contribution in [3.05, 3.63) is 30.0 Å². The predicted molar refractivity (Wildman–Crippen MR) is 49.8 cm³/mol. The molecule has 0 unspecified atom stereocenters. The quantitative estimate of drug-likeness (QED) is 0.663. The Morgan fingerprint density at radius 1 is 1.50 bits per heavy atom. The molecule has 2 aromatic heterocycles. The van der Waals surface area contributed by atoms with Crippen LogP contribution in [0.5, 0.6) is 0 Å². The molecule has 2 aromatic rings. The summed E-state index contributed by atoms with van der Waals surface area (Å²) in [6.07, 6.45) is 5.11. The molecule has 0 bridgehead atoms. The van der Waals surface area contributed by atoms with Gasteiger partial charge in [0.2, 0.25) is 0 Å². The minimum absolute atomic E-state index is 0.588. The first-order valence-electron chi connectivity index (χ1n) is 4.16. The fraction of sp³-hybridized carbons (Fsp3) is 0.222. The van der Waals surface area contributed by atoms with Gasteiger partial charge < -0.3 is 0 Å². The van der Waals surface area contributed by atoms with Crippen LogP contribution < -0.4 is 0 Å². The van der Waals surface area contributed by atoms with Crippen LogP contribution in [0, 0.1) is 18.3 Å². The van der Waals surface area contributed by atoms with Gasteiger partial charge in [-0.25, -0.2) is 4.98 Å². The molecule has 0 aliphatic heterocycles. The van der Waals surface area contributed by atoms with Gasteiger partial charge in [0.1, 0.15) is 18.0 Å². The average molecular weight is 187 g/mol. The number of hydrogen-bond acceptors (Lipinski definition) is 3. The van der Waals surface area contributed by atoms with Gasteiger partial charge in [-0.1, -0.05) is 0 Å². The van der Waals surface area contributed by atoms with Crippen molar-refractivity contribution in [1.29, 1.82) is 5.26 Å². The van der Waals surface area contributed by atoms with Crippen LogP contribution in [0.15, 0.2) is 18.7 Å². The average Bonchev–Trinajstić information content (AvgIpc) is 2.72. The Hall–Kier alpha value is -2.09. The predicted octanol–water partition coefficient (Wildman–Crippen LogP) is 0.786. The first kappa shape index (κ1) is 8.51. The Kier molecular flexibility index (Phi) is 1.82. The Morgan fingerprint density at radius 2 is 2.29 bits per heavy atom. The van der Waals surface area contributed by atoms with E-state index in [1.54, 1.807) is 28.0 Å². The maximum Gasteiger partial charge on any atom is 0.154 e. The summed E-state index contributed by atoms with van der Waals surface area (Å²) in [6, 6.07) is 2.14. The van der Waals surface area contributed by atoms with Gasteiger partial charge in [0.15, 0.2) is 5.82 Å². The zero-order chi connectivity index (χ0) is 10.1. The van der Waals surface area contributed by atoms with Gasteiger partial charge in [0, 0.05) is 19.4 Å². The second kappa shape index (κ2) is 3.00. The van der Waals surface area contributed by atoms with Crippen molar-refractivity contribution >= 4 is 0 Å². The molecule has 0 N–H and O–H groups in total. The van der Waals surface area contributed by atoms with Crippen molar-refractivity contribution in [3.63, 3.8) is 0 Å². The van der Waals surface area contributed by atoms with Crippen molar-refractivity contribution in [2.45, 2.75) is 6.92 Å². The van der Waals surface area contributed by atoms with Crippen molar-refractivity contribution in [3.8, 4) is 11.9 Å². The van der Waals surface area contributed by atoms with Crippen LogP contribution in [-0.2, 0) is 7.05 Å². The molecule has 0 spiro atoms. The van der Waals surface area contributed by atoms with Crippen LogP contribution in [0.1, 0.15) is 11.3 Å². The SMILES string of the molecule is Cc1nn(C)c(-n2ccnc2)c1C#N. The third-order valence-electron chi connectivity index (χ3n) is 2.05. The second-order valence-corrected chi connectivity index (χ2v) is 2.99. The van der Waals surface area contributed by atoms with E-state index in [4.69, 9.17) is 5.26 Å². The van der Waals surface area contributed by atoms with E-state index in [0.29, 0.717) is 5.56 Å². The third kappa shape index (κ3) is 1.09. The molecule has 0 saturated carbocycles. The molecule has 0 radical (unpaired) electrons. The fourth-order valence-corrected chi connectivity index (χ4v) is 1.46. The number of imidazole rings is 1. The van der Waals surface area contributed by atoms with Gasteiger partial charge in [-0.3, -0.25) is 9.25 Å². The van der Waals surface area contributed by atoms with Crippen LogP contribution in [0.2, 0.25) is 0 Å². The molecule has 0 atom stereocenters. The molecule has 70 valence electrons. The Morgan fingerprint density at radius 3 is 2.86 bits per heavy atom. The highest BCUT2D eigenvalue weighted by Crippen LogP contribution is 2.15. The maximum atomic E-state index is 8.97. The van der Waals surface area contributed by atoms with Crippen LogP contribution in [0.3, 0.4) is 0 Å². The zero-order valence-electron chi connectivity index (χ0n) is 7.97. The molecule has 14 heavy (non-hydrogen) atoms. The molecule has 0 aliphatic carbocycles. The maximum absolute atomic E-state index is 8.97. The topological polar surface area (TPSA) is 59.4 Å². The summed E-state index contributed by atoms with van der Waals surface area (Å²) in [5.41, 5.74) is 1.32. The van der Waals surface area contributed by atoms with Crippen LogP contribution in [-0.4, -0.2) is 19.3 Å². The summed E-state index contributed by atoms with van der Waals surface area (Å²) in [5, 5.41) is 13.2. The van der Waals surface area contributed by atoms with E-state index in [2.05, 4.69) is 16.2 Å². The number of aromatic nitrogens is 4. The Bertz CT molecular complexity index is 486. The molecule has 2 rings (SSSR count). The summed E-state index contributed by atoms with van der Waals surface area (Å²) in [4.78, 5) is 3.94. The highest BCUT2D eigenvalue weighted by Gasteiger charge is 2.13. The molecule has 0 amide bonds. The molecule has 5 heteroatoms. The molecule has 5 nitrogen and oxygen atoms in total. The normalized spacial score (nSPS) is 10.1. The number of nitrogens with zero attached hydrogens (tertiary/aromatic N) is 5. The highest BCUT2D eigenvalue weighted by molar-refractivity contribution is 5.47.